The fourth-order valence-corrected chi connectivity index (χ4v) is 2.88. The lowest BCUT2D eigenvalue weighted by Crippen LogP contribution is -2.08. The van der Waals surface area contributed by atoms with Crippen LogP contribution in [0, 0.1) is 6.92 Å². The van der Waals surface area contributed by atoms with Gasteiger partial charge < -0.3 is 14.4 Å². The number of imidazole rings is 1. The first-order valence-electron chi connectivity index (χ1n) is 8.48. The van der Waals surface area contributed by atoms with Gasteiger partial charge in [-0.15, -0.1) is 0 Å². The van der Waals surface area contributed by atoms with Crippen molar-refractivity contribution in [1.29, 1.82) is 0 Å². The number of aromatic nitrogens is 2. The summed E-state index contributed by atoms with van der Waals surface area (Å²) in [7, 11) is 0. The molecule has 0 bridgehead atoms. The number of aryl methyl sites for hydroxylation is 2. The maximum absolute atomic E-state index is 10.0. The number of hydrogen-bond donors (Lipinski definition) is 1. The number of nitrogens with zero attached hydrogens (tertiary/aromatic N) is 2. The van der Waals surface area contributed by atoms with Crippen LogP contribution in [0.1, 0.15) is 37.3 Å². The van der Waals surface area contributed by atoms with Gasteiger partial charge in [0.25, 0.3) is 0 Å². The summed E-state index contributed by atoms with van der Waals surface area (Å²) in [5.41, 5.74) is 3.24. The van der Waals surface area contributed by atoms with E-state index in [-0.39, 0.29) is 0 Å². The Labute approximate surface area is 142 Å². The van der Waals surface area contributed by atoms with Crippen LogP contribution in [-0.2, 0) is 6.54 Å². The summed E-state index contributed by atoms with van der Waals surface area (Å²) in [6.45, 7) is 5.37. The lowest BCUT2D eigenvalue weighted by molar-refractivity contribution is 0.184. The highest BCUT2D eigenvalue weighted by atomic mass is 16.5. The number of benzene rings is 2. The zero-order valence-corrected chi connectivity index (χ0v) is 14.3. The second-order valence-corrected chi connectivity index (χ2v) is 6.16. The molecule has 0 fully saturated rings. The quantitative estimate of drug-likeness (QED) is 0.661. The molecule has 0 aliphatic rings. The molecule has 1 unspecified atom stereocenters. The summed E-state index contributed by atoms with van der Waals surface area (Å²) in [6, 6.07) is 16.1. The first-order valence-corrected chi connectivity index (χ1v) is 8.48. The van der Waals surface area contributed by atoms with Crippen molar-refractivity contribution in [3.63, 3.8) is 0 Å². The topological polar surface area (TPSA) is 47.3 Å². The van der Waals surface area contributed by atoms with Crippen molar-refractivity contribution in [2.45, 2.75) is 39.3 Å². The summed E-state index contributed by atoms with van der Waals surface area (Å²) in [6.07, 6.45) is 1.37. The Morgan fingerprint density at radius 1 is 1.12 bits per heavy atom. The van der Waals surface area contributed by atoms with E-state index in [9.17, 15) is 5.11 Å². The van der Waals surface area contributed by atoms with Crippen molar-refractivity contribution in [1.82, 2.24) is 9.55 Å². The number of rotatable bonds is 7. The maximum Gasteiger partial charge on any atom is 0.138 e. The van der Waals surface area contributed by atoms with Crippen LogP contribution in [0.2, 0.25) is 0 Å². The first-order chi connectivity index (χ1) is 11.6. The van der Waals surface area contributed by atoms with Gasteiger partial charge in [0.2, 0.25) is 0 Å². The molecule has 0 spiro atoms. The lowest BCUT2D eigenvalue weighted by atomic mass is 10.2. The highest BCUT2D eigenvalue weighted by Crippen LogP contribution is 2.22. The van der Waals surface area contributed by atoms with Gasteiger partial charge in [-0.2, -0.15) is 0 Å². The maximum atomic E-state index is 10.0. The van der Waals surface area contributed by atoms with Gasteiger partial charge in [0.1, 0.15) is 17.7 Å². The van der Waals surface area contributed by atoms with Crippen LogP contribution >= 0.6 is 0 Å². The van der Waals surface area contributed by atoms with E-state index in [2.05, 4.69) is 28.6 Å². The second-order valence-electron chi connectivity index (χ2n) is 6.16. The molecular formula is C20H24N2O2. The summed E-state index contributed by atoms with van der Waals surface area (Å²) < 4.78 is 7.87. The second kappa shape index (κ2) is 7.49. The van der Waals surface area contributed by atoms with E-state index in [1.807, 2.05) is 36.4 Å². The molecule has 4 nitrogen and oxygen atoms in total. The zero-order chi connectivity index (χ0) is 16.9. The molecule has 3 rings (SSSR count). The summed E-state index contributed by atoms with van der Waals surface area (Å²) >= 11 is 0. The van der Waals surface area contributed by atoms with Crippen LogP contribution in [0.4, 0.5) is 0 Å². The average molecular weight is 324 g/mol. The van der Waals surface area contributed by atoms with E-state index in [1.165, 1.54) is 5.56 Å². The number of para-hydroxylation sites is 1. The van der Waals surface area contributed by atoms with Gasteiger partial charge in [0, 0.05) is 6.54 Å². The normalized spacial score (nSPS) is 12.5. The third-order valence-corrected chi connectivity index (χ3v) is 4.09. The van der Waals surface area contributed by atoms with E-state index >= 15 is 0 Å². The van der Waals surface area contributed by atoms with Gasteiger partial charge in [0.05, 0.1) is 17.6 Å². The average Bonchev–Trinajstić information content (AvgIpc) is 2.94. The number of hydrogen-bond acceptors (Lipinski definition) is 3. The summed E-state index contributed by atoms with van der Waals surface area (Å²) in [5, 5.41) is 10.0. The number of fused-ring (bicyclic) bond motifs is 1. The molecular weight excluding hydrogens is 300 g/mol. The van der Waals surface area contributed by atoms with Crippen LogP contribution in [0.3, 0.4) is 0 Å². The Hall–Kier alpha value is -2.33. The minimum absolute atomic E-state index is 0.571. The molecule has 3 aromatic rings. The van der Waals surface area contributed by atoms with Crippen molar-refractivity contribution in [2.24, 2.45) is 0 Å². The summed E-state index contributed by atoms with van der Waals surface area (Å²) in [5.74, 6) is 1.64. The molecule has 2 aromatic carbocycles. The fourth-order valence-electron chi connectivity index (χ4n) is 2.88. The van der Waals surface area contributed by atoms with Gasteiger partial charge in [-0.05, 0) is 56.5 Å². The molecule has 0 saturated heterocycles. The number of aliphatic hydroxyl groups is 1. The van der Waals surface area contributed by atoms with Crippen LogP contribution in [0.25, 0.3) is 11.0 Å². The molecule has 126 valence electrons. The third-order valence-electron chi connectivity index (χ3n) is 4.09. The number of aliphatic hydroxyl groups excluding tert-OH is 1. The Kier molecular flexibility index (Phi) is 5.16. The van der Waals surface area contributed by atoms with Gasteiger partial charge >= 0.3 is 0 Å². The fraction of sp³-hybridized carbons (Fsp3) is 0.350. The molecule has 0 aliphatic heterocycles. The van der Waals surface area contributed by atoms with Crippen molar-refractivity contribution in [2.75, 3.05) is 6.61 Å². The molecule has 1 aromatic heterocycles. The zero-order valence-electron chi connectivity index (χ0n) is 14.3. The third kappa shape index (κ3) is 3.77. The molecule has 0 aliphatic carbocycles. The molecule has 1 heterocycles. The van der Waals surface area contributed by atoms with Crippen LogP contribution in [0.5, 0.6) is 5.75 Å². The van der Waals surface area contributed by atoms with E-state index in [0.29, 0.717) is 6.61 Å². The van der Waals surface area contributed by atoms with Crippen molar-refractivity contribution in [3.8, 4) is 5.75 Å². The Bertz CT molecular complexity index is 794. The molecule has 4 heteroatoms. The van der Waals surface area contributed by atoms with Gasteiger partial charge in [-0.3, -0.25) is 0 Å². The van der Waals surface area contributed by atoms with Crippen molar-refractivity contribution >= 4 is 11.0 Å². The van der Waals surface area contributed by atoms with Crippen molar-refractivity contribution < 1.29 is 9.84 Å². The van der Waals surface area contributed by atoms with Crippen molar-refractivity contribution in [3.05, 3.63) is 59.9 Å². The van der Waals surface area contributed by atoms with Crippen LogP contribution < -0.4 is 4.74 Å². The molecule has 0 radical (unpaired) electrons. The van der Waals surface area contributed by atoms with E-state index < -0.39 is 6.10 Å². The molecule has 0 saturated carbocycles. The highest BCUT2D eigenvalue weighted by Gasteiger charge is 2.14. The monoisotopic (exact) mass is 324 g/mol. The number of ether oxygens (including phenoxy) is 1. The predicted octanol–water partition coefficient (Wildman–Crippen LogP) is 4.26. The predicted molar refractivity (Wildman–Crippen MR) is 96.3 cm³/mol. The molecule has 0 amide bonds. The van der Waals surface area contributed by atoms with E-state index in [0.717, 1.165) is 42.0 Å². The van der Waals surface area contributed by atoms with E-state index in [1.54, 1.807) is 6.92 Å². The van der Waals surface area contributed by atoms with Crippen LogP contribution in [-0.4, -0.2) is 21.3 Å². The Morgan fingerprint density at radius 3 is 2.67 bits per heavy atom. The molecule has 1 N–H and O–H groups in total. The first kappa shape index (κ1) is 16.5. The Balaban J connectivity index is 1.63. The van der Waals surface area contributed by atoms with Gasteiger partial charge in [0.15, 0.2) is 0 Å². The van der Waals surface area contributed by atoms with E-state index in [4.69, 9.17) is 4.74 Å². The smallest absolute Gasteiger partial charge is 0.138 e. The standard InChI is InChI=1S/C20H24N2O2/c1-15-10-11-18-19(14-15)22(20(21-18)16(2)23)12-6-7-13-24-17-8-4-3-5-9-17/h3-5,8-11,14,16,23H,6-7,12-13H2,1-2H3. The lowest BCUT2D eigenvalue weighted by Gasteiger charge is -2.11. The Morgan fingerprint density at radius 2 is 1.92 bits per heavy atom. The van der Waals surface area contributed by atoms with Gasteiger partial charge in [-0.1, -0.05) is 24.3 Å². The van der Waals surface area contributed by atoms with Crippen LogP contribution in [0.15, 0.2) is 48.5 Å². The molecule has 24 heavy (non-hydrogen) atoms. The highest BCUT2D eigenvalue weighted by molar-refractivity contribution is 5.77. The number of unbranched alkanes of at least 4 members (excludes halogenated alkanes) is 1. The largest absolute Gasteiger partial charge is 0.494 e. The minimum Gasteiger partial charge on any atom is -0.494 e. The minimum atomic E-state index is -0.571. The molecule has 1 atom stereocenters. The summed E-state index contributed by atoms with van der Waals surface area (Å²) in [4.78, 5) is 4.58. The SMILES string of the molecule is Cc1ccc2nc(C(C)O)n(CCCCOc3ccccc3)c2c1. The van der Waals surface area contributed by atoms with Gasteiger partial charge in [-0.25, -0.2) is 4.98 Å².